The summed E-state index contributed by atoms with van der Waals surface area (Å²) in [6.45, 7) is 4.20. The Kier molecular flexibility index (Phi) is 4.27. The summed E-state index contributed by atoms with van der Waals surface area (Å²) in [6.07, 6.45) is 6.61. The molecule has 1 aliphatic carbocycles. The van der Waals surface area contributed by atoms with Gasteiger partial charge in [0.2, 0.25) is 0 Å². The Balaban J connectivity index is 1.70. The third kappa shape index (κ3) is 2.90. The molecular formula is C22H25NO3. The van der Waals surface area contributed by atoms with Crippen molar-refractivity contribution in [3.63, 3.8) is 0 Å². The smallest absolute Gasteiger partial charge is 0.124 e. The first kappa shape index (κ1) is 16.8. The number of phenols is 2. The molecule has 0 saturated carbocycles. The highest BCUT2D eigenvalue weighted by molar-refractivity contribution is 5.62. The highest BCUT2D eigenvalue weighted by atomic mass is 16.5. The molecule has 2 aromatic carbocycles. The highest BCUT2D eigenvalue weighted by Gasteiger charge is 2.39. The number of benzene rings is 2. The van der Waals surface area contributed by atoms with E-state index in [-0.39, 0.29) is 23.6 Å². The van der Waals surface area contributed by atoms with Gasteiger partial charge < -0.3 is 20.3 Å². The number of hydrogen-bond donors (Lipinski definition) is 3. The van der Waals surface area contributed by atoms with Crippen LogP contribution in [0.4, 0.5) is 5.69 Å². The van der Waals surface area contributed by atoms with Crippen LogP contribution >= 0.6 is 0 Å². The fourth-order valence-corrected chi connectivity index (χ4v) is 4.06. The average molecular weight is 351 g/mol. The number of anilines is 1. The first-order chi connectivity index (χ1) is 12.6. The number of fused-ring (bicyclic) bond motifs is 3. The molecule has 4 rings (SSSR count). The fourth-order valence-electron chi connectivity index (χ4n) is 4.06. The van der Waals surface area contributed by atoms with E-state index >= 15 is 0 Å². The predicted octanol–water partition coefficient (Wildman–Crippen LogP) is 5.10. The first-order valence-electron chi connectivity index (χ1n) is 9.32. The molecule has 0 bridgehead atoms. The van der Waals surface area contributed by atoms with Crippen LogP contribution in [-0.4, -0.2) is 16.3 Å². The molecule has 0 aromatic heterocycles. The van der Waals surface area contributed by atoms with Crippen LogP contribution in [0.1, 0.15) is 49.8 Å². The summed E-state index contributed by atoms with van der Waals surface area (Å²) in [5.41, 5.74) is 3.15. The lowest BCUT2D eigenvalue weighted by Gasteiger charge is -2.38. The number of hydrogen-bond acceptors (Lipinski definition) is 4. The van der Waals surface area contributed by atoms with Gasteiger partial charge in [0.05, 0.1) is 12.1 Å². The van der Waals surface area contributed by atoms with Crippen molar-refractivity contribution in [2.45, 2.75) is 44.8 Å². The molecule has 0 radical (unpaired) electrons. The van der Waals surface area contributed by atoms with Gasteiger partial charge in [-0.1, -0.05) is 19.1 Å². The lowest BCUT2D eigenvalue weighted by molar-refractivity contribution is 0.217. The monoisotopic (exact) mass is 351 g/mol. The minimum Gasteiger partial charge on any atom is -0.508 e. The van der Waals surface area contributed by atoms with E-state index in [9.17, 15) is 10.2 Å². The Hall–Kier alpha value is -2.62. The number of ether oxygens (including phenoxy) is 1. The first-order valence-corrected chi connectivity index (χ1v) is 9.32. The second-order valence-electron chi connectivity index (χ2n) is 7.30. The molecule has 4 heteroatoms. The summed E-state index contributed by atoms with van der Waals surface area (Å²) in [6, 6.07) is 11.1. The van der Waals surface area contributed by atoms with Crippen molar-refractivity contribution in [3.05, 3.63) is 59.7 Å². The van der Waals surface area contributed by atoms with Gasteiger partial charge in [0.1, 0.15) is 17.2 Å². The Morgan fingerprint density at radius 3 is 2.77 bits per heavy atom. The number of rotatable bonds is 4. The number of nitrogens with one attached hydrogen (secondary N) is 1. The van der Waals surface area contributed by atoms with Gasteiger partial charge in [-0.15, -0.1) is 0 Å². The topological polar surface area (TPSA) is 61.7 Å². The minimum atomic E-state index is 0.00411. The molecular weight excluding hydrogens is 326 g/mol. The molecule has 0 saturated heterocycles. The average Bonchev–Trinajstić information content (AvgIpc) is 3.11. The second kappa shape index (κ2) is 6.60. The highest BCUT2D eigenvalue weighted by Crippen LogP contribution is 2.51. The van der Waals surface area contributed by atoms with Crippen LogP contribution in [-0.2, 0) is 0 Å². The molecule has 0 spiro atoms. The van der Waals surface area contributed by atoms with Crippen LogP contribution in [0.3, 0.4) is 0 Å². The van der Waals surface area contributed by atoms with Crippen molar-refractivity contribution in [1.29, 1.82) is 0 Å². The van der Waals surface area contributed by atoms with Crippen LogP contribution < -0.4 is 10.1 Å². The zero-order chi connectivity index (χ0) is 18.3. The van der Waals surface area contributed by atoms with Gasteiger partial charge in [0.25, 0.3) is 0 Å². The summed E-state index contributed by atoms with van der Waals surface area (Å²) in [5.74, 6) is 1.75. The second-order valence-corrected chi connectivity index (χ2v) is 7.30. The quantitative estimate of drug-likeness (QED) is 0.671. The molecule has 4 atom stereocenters. The van der Waals surface area contributed by atoms with Crippen LogP contribution in [0.15, 0.2) is 48.6 Å². The fraction of sp³-hybridized carbons (Fsp3) is 0.364. The zero-order valence-corrected chi connectivity index (χ0v) is 15.1. The summed E-state index contributed by atoms with van der Waals surface area (Å²) < 4.78 is 6.00. The van der Waals surface area contributed by atoms with Gasteiger partial charge in [0.15, 0.2) is 0 Å². The van der Waals surface area contributed by atoms with Gasteiger partial charge in [-0.3, -0.25) is 0 Å². The molecule has 2 aliphatic rings. The molecule has 3 N–H and O–H groups in total. The van der Waals surface area contributed by atoms with Gasteiger partial charge in [-0.25, -0.2) is 0 Å². The molecule has 0 amide bonds. The van der Waals surface area contributed by atoms with Crippen LogP contribution in [0.5, 0.6) is 17.2 Å². The number of phenolic OH excluding ortho intramolecular Hbond substituents is 2. The van der Waals surface area contributed by atoms with Crippen molar-refractivity contribution >= 4 is 5.69 Å². The molecule has 1 aliphatic heterocycles. The summed E-state index contributed by atoms with van der Waals surface area (Å²) in [7, 11) is 0. The van der Waals surface area contributed by atoms with Crippen molar-refractivity contribution < 1.29 is 14.9 Å². The van der Waals surface area contributed by atoms with E-state index in [1.54, 1.807) is 6.07 Å². The maximum Gasteiger partial charge on any atom is 0.124 e. The molecule has 2 aromatic rings. The predicted molar refractivity (Wildman–Crippen MR) is 103 cm³/mol. The Labute approximate surface area is 154 Å². The largest absolute Gasteiger partial charge is 0.508 e. The van der Waals surface area contributed by atoms with E-state index in [1.807, 2.05) is 12.1 Å². The van der Waals surface area contributed by atoms with Gasteiger partial charge in [-0.2, -0.15) is 0 Å². The Morgan fingerprint density at radius 1 is 1.15 bits per heavy atom. The van der Waals surface area contributed by atoms with Gasteiger partial charge in [0, 0.05) is 23.2 Å². The maximum atomic E-state index is 10.3. The van der Waals surface area contributed by atoms with Crippen LogP contribution in [0.25, 0.3) is 0 Å². The third-order valence-corrected chi connectivity index (χ3v) is 5.60. The lowest BCUT2D eigenvalue weighted by Crippen LogP contribution is -2.29. The van der Waals surface area contributed by atoms with Gasteiger partial charge >= 0.3 is 0 Å². The summed E-state index contributed by atoms with van der Waals surface area (Å²) in [5, 5.41) is 23.5. The van der Waals surface area contributed by atoms with Gasteiger partial charge in [-0.05, 0) is 61.6 Å². The van der Waals surface area contributed by atoms with Crippen molar-refractivity contribution in [2.24, 2.45) is 5.92 Å². The summed E-state index contributed by atoms with van der Waals surface area (Å²) in [4.78, 5) is 0. The third-order valence-electron chi connectivity index (χ3n) is 5.60. The van der Waals surface area contributed by atoms with Crippen molar-refractivity contribution in [2.75, 3.05) is 5.32 Å². The lowest BCUT2D eigenvalue weighted by atomic mass is 9.77. The summed E-state index contributed by atoms with van der Waals surface area (Å²) >= 11 is 0. The normalized spacial score (nSPS) is 24.5. The zero-order valence-electron chi connectivity index (χ0n) is 15.1. The number of allylic oxidation sites excluding steroid dienone is 2. The molecule has 26 heavy (non-hydrogen) atoms. The van der Waals surface area contributed by atoms with Crippen molar-refractivity contribution in [1.82, 2.24) is 0 Å². The molecule has 4 nitrogen and oxygen atoms in total. The minimum absolute atomic E-state index is 0.00411. The standard InChI is InChI=1S/C22H25NO3/c1-3-13(2)26-15-8-10-20-19(12-15)16-5-4-6-17(16)22(23-20)18-9-7-14(24)11-21(18)25/h4-5,7-13,16-17,22-25H,3,6H2,1-2H3. The van der Waals surface area contributed by atoms with Crippen LogP contribution in [0.2, 0.25) is 0 Å². The molecule has 0 fully saturated rings. The van der Waals surface area contributed by atoms with E-state index in [4.69, 9.17) is 4.74 Å². The number of aromatic hydroxyl groups is 2. The van der Waals surface area contributed by atoms with E-state index in [0.717, 1.165) is 29.8 Å². The molecule has 1 heterocycles. The van der Waals surface area contributed by atoms with E-state index in [0.29, 0.717) is 11.8 Å². The Bertz CT molecular complexity index is 845. The van der Waals surface area contributed by atoms with Crippen molar-refractivity contribution in [3.8, 4) is 17.2 Å². The van der Waals surface area contributed by atoms with Crippen LogP contribution in [0, 0.1) is 5.92 Å². The van der Waals surface area contributed by atoms with E-state index in [2.05, 4.69) is 43.4 Å². The molecule has 4 unspecified atom stereocenters. The van der Waals surface area contributed by atoms with E-state index < -0.39 is 0 Å². The SMILES string of the molecule is CCC(C)Oc1ccc2c(c1)C1C=CCC1C(c1ccc(O)cc1O)N2. The maximum absolute atomic E-state index is 10.3. The molecule has 136 valence electrons. The Morgan fingerprint density at radius 2 is 2.00 bits per heavy atom. The van der Waals surface area contributed by atoms with E-state index in [1.165, 1.54) is 11.6 Å².